The minimum Gasteiger partial charge on any atom is -0.382 e. The van der Waals surface area contributed by atoms with Gasteiger partial charge in [-0.25, -0.2) is 0 Å². The molecule has 2 atom stereocenters. The Labute approximate surface area is 102 Å². The van der Waals surface area contributed by atoms with Crippen LogP contribution in [0, 0.1) is 11.8 Å². The normalized spacial score (nSPS) is 30.7. The number of thioether (sulfide) groups is 1. The molecule has 4 heteroatoms. The number of rotatable bonds is 5. The van der Waals surface area contributed by atoms with Gasteiger partial charge in [-0.1, -0.05) is 0 Å². The standard InChI is InChI=1S/C12H21NO2S/c1-2-15-5-3-4-13-6-10-8-16-9-11(7-13)12(10)14/h10-11H,2-9H2,1H3. The van der Waals surface area contributed by atoms with Crippen LogP contribution in [-0.4, -0.2) is 55.0 Å². The predicted molar refractivity (Wildman–Crippen MR) is 66.9 cm³/mol. The second-order valence-corrected chi connectivity index (χ2v) is 5.72. The summed E-state index contributed by atoms with van der Waals surface area (Å²) in [5.74, 6) is 3.23. The van der Waals surface area contributed by atoms with Crippen molar-refractivity contribution in [3.8, 4) is 0 Å². The van der Waals surface area contributed by atoms with Gasteiger partial charge in [0, 0.05) is 56.2 Å². The van der Waals surface area contributed by atoms with E-state index in [0.717, 1.165) is 50.8 Å². The number of likely N-dealkylation sites (tertiary alicyclic amines) is 1. The lowest BCUT2D eigenvalue weighted by Gasteiger charge is -2.39. The molecule has 0 aromatic carbocycles. The second kappa shape index (κ2) is 6.03. The van der Waals surface area contributed by atoms with Gasteiger partial charge in [0.1, 0.15) is 5.78 Å². The zero-order valence-electron chi connectivity index (χ0n) is 9.98. The number of ether oxygens (including phenoxy) is 1. The first kappa shape index (κ1) is 12.4. The van der Waals surface area contributed by atoms with Crippen LogP contribution in [0.3, 0.4) is 0 Å². The Kier molecular flexibility index (Phi) is 4.67. The molecule has 2 bridgehead atoms. The molecule has 16 heavy (non-hydrogen) atoms. The van der Waals surface area contributed by atoms with E-state index in [-0.39, 0.29) is 0 Å². The minimum absolute atomic E-state index is 0.310. The maximum atomic E-state index is 11.9. The predicted octanol–water partition coefficient (Wildman–Crippen LogP) is 1.28. The molecule has 2 unspecified atom stereocenters. The number of carbonyl (C=O) groups is 1. The number of ketones is 1. The summed E-state index contributed by atoms with van der Waals surface area (Å²) < 4.78 is 5.34. The van der Waals surface area contributed by atoms with Gasteiger partial charge in [-0.15, -0.1) is 0 Å². The highest BCUT2D eigenvalue weighted by atomic mass is 32.2. The summed E-state index contributed by atoms with van der Waals surface area (Å²) in [6.45, 7) is 6.74. The number of fused-ring (bicyclic) bond motifs is 2. The molecule has 0 N–H and O–H groups in total. The first-order valence-electron chi connectivity index (χ1n) is 6.22. The highest BCUT2D eigenvalue weighted by Crippen LogP contribution is 2.30. The minimum atomic E-state index is 0.310. The molecule has 0 radical (unpaired) electrons. The number of nitrogens with zero attached hydrogens (tertiary/aromatic N) is 1. The first-order chi connectivity index (χ1) is 7.81. The molecule has 0 amide bonds. The zero-order chi connectivity index (χ0) is 11.4. The Morgan fingerprint density at radius 2 is 2.06 bits per heavy atom. The van der Waals surface area contributed by atoms with Crippen LogP contribution in [0.1, 0.15) is 13.3 Å². The maximum Gasteiger partial charge on any atom is 0.143 e. The summed E-state index contributed by atoms with van der Waals surface area (Å²) in [6, 6.07) is 0. The second-order valence-electron chi connectivity index (χ2n) is 4.64. The van der Waals surface area contributed by atoms with Crippen molar-refractivity contribution in [3.63, 3.8) is 0 Å². The van der Waals surface area contributed by atoms with E-state index in [0.29, 0.717) is 17.6 Å². The highest BCUT2D eigenvalue weighted by molar-refractivity contribution is 7.99. The fourth-order valence-electron chi connectivity index (χ4n) is 2.55. The molecule has 0 aliphatic carbocycles. The molecule has 3 nitrogen and oxygen atoms in total. The van der Waals surface area contributed by atoms with Crippen LogP contribution in [-0.2, 0) is 9.53 Å². The summed E-state index contributed by atoms with van der Waals surface area (Å²) in [6.07, 6.45) is 1.09. The molecule has 2 heterocycles. The van der Waals surface area contributed by atoms with E-state index in [4.69, 9.17) is 4.74 Å². The molecule has 2 aliphatic heterocycles. The molecule has 2 rings (SSSR count). The lowest BCUT2D eigenvalue weighted by Crippen LogP contribution is -2.51. The topological polar surface area (TPSA) is 29.5 Å². The molecule has 0 aromatic heterocycles. The van der Waals surface area contributed by atoms with Crippen molar-refractivity contribution in [3.05, 3.63) is 0 Å². The van der Waals surface area contributed by atoms with Gasteiger partial charge in [-0.2, -0.15) is 11.8 Å². The summed E-state index contributed by atoms with van der Waals surface area (Å²) >= 11 is 1.95. The molecule has 0 spiro atoms. The van der Waals surface area contributed by atoms with Gasteiger partial charge in [-0.05, 0) is 13.3 Å². The molecule has 2 aliphatic rings. The Hall–Kier alpha value is -0.0600. The molecular weight excluding hydrogens is 222 g/mol. The highest BCUT2D eigenvalue weighted by Gasteiger charge is 2.37. The Bertz CT molecular complexity index is 231. The summed E-state index contributed by atoms with van der Waals surface area (Å²) in [5.41, 5.74) is 0. The van der Waals surface area contributed by atoms with Crippen LogP contribution in [0.5, 0.6) is 0 Å². The van der Waals surface area contributed by atoms with E-state index < -0.39 is 0 Å². The van der Waals surface area contributed by atoms with Gasteiger partial charge in [0.2, 0.25) is 0 Å². The molecule has 92 valence electrons. The Morgan fingerprint density at radius 3 is 2.69 bits per heavy atom. The SMILES string of the molecule is CCOCCCN1CC2CSCC(C1)C2=O. The average molecular weight is 243 g/mol. The lowest BCUT2D eigenvalue weighted by molar-refractivity contribution is -0.130. The lowest BCUT2D eigenvalue weighted by atomic mass is 9.89. The average Bonchev–Trinajstić information content (AvgIpc) is 2.25. The van der Waals surface area contributed by atoms with Gasteiger partial charge in [0.05, 0.1) is 0 Å². The maximum absolute atomic E-state index is 11.9. The fourth-order valence-corrected chi connectivity index (χ4v) is 3.79. The van der Waals surface area contributed by atoms with E-state index in [1.54, 1.807) is 0 Å². The van der Waals surface area contributed by atoms with E-state index in [9.17, 15) is 4.79 Å². The van der Waals surface area contributed by atoms with Gasteiger partial charge in [-0.3, -0.25) is 4.79 Å². The largest absolute Gasteiger partial charge is 0.382 e. The summed E-state index contributed by atoms with van der Waals surface area (Å²) in [7, 11) is 0. The fraction of sp³-hybridized carbons (Fsp3) is 0.917. The first-order valence-corrected chi connectivity index (χ1v) is 7.38. The van der Waals surface area contributed by atoms with Crippen LogP contribution in [0.4, 0.5) is 0 Å². The third kappa shape index (κ3) is 2.99. The molecule has 2 saturated heterocycles. The number of hydrogen-bond acceptors (Lipinski definition) is 4. The van der Waals surface area contributed by atoms with Crippen molar-refractivity contribution in [2.45, 2.75) is 13.3 Å². The Balaban J connectivity index is 1.74. The van der Waals surface area contributed by atoms with Gasteiger partial charge < -0.3 is 9.64 Å². The third-order valence-corrected chi connectivity index (χ3v) is 4.64. The van der Waals surface area contributed by atoms with E-state index in [1.165, 1.54) is 0 Å². The molecule has 0 saturated carbocycles. The smallest absolute Gasteiger partial charge is 0.143 e. The van der Waals surface area contributed by atoms with Crippen LogP contribution < -0.4 is 0 Å². The zero-order valence-corrected chi connectivity index (χ0v) is 10.8. The summed E-state index contributed by atoms with van der Waals surface area (Å²) in [4.78, 5) is 14.3. The number of hydrogen-bond donors (Lipinski definition) is 0. The van der Waals surface area contributed by atoms with Crippen molar-refractivity contribution < 1.29 is 9.53 Å². The van der Waals surface area contributed by atoms with Gasteiger partial charge >= 0.3 is 0 Å². The van der Waals surface area contributed by atoms with Crippen molar-refractivity contribution in [2.24, 2.45) is 11.8 Å². The van der Waals surface area contributed by atoms with Crippen LogP contribution in [0.2, 0.25) is 0 Å². The quantitative estimate of drug-likeness (QED) is 0.680. The van der Waals surface area contributed by atoms with Crippen molar-refractivity contribution in [1.82, 2.24) is 4.90 Å². The number of Topliss-reactive ketones (excluding diaryl/α,β-unsaturated/α-hetero) is 1. The van der Waals surface area contributed by atoms with Crippen LogP contribution >= 0.6 is 11.8 Å². The third-order valence-electron chi connectivity index (χ3n) is 3.37. The summed E-state index contributed by atoms with van der Waals surface area (Å²) in [5, 5.41) is 0. The van der Waals surface area contributed by atoms with Gasteiger partial charge in [0.15, 0.2) is 0 Å². The van der Waals surface area contributed by atoms with E-state index in [1.807, 2.05) is 18.7 Å². The van der Waals surface area contributed by atoms with Crippen molar-refractivity contribution >= 4 is 17.5 Å². The monoisotopic (exact) mass is 243 g/mol. The Morgan fingerprint density at radius 1 is 1.38 bits per heavy atom. The number of piperidine rings is 1. The van der Waals surface area contributed by atoms with E-state index >= 15 is 0 Å². The molecule has 0 aromatic rings. The molecular formula is C12H21NO2S. The van der Waals surface area contributed by atoms with Crippen LogP contribution in [0.25, 0.3) is 0 Å². The van der Waals surface area contributed by atoms with Crippen molar-refractivity contribution in [2.75, 3.05) is 44.4 Å². The molecule has 2 fully saturated rings. The van der Waals surface area contributed by atoms with Crippen LogP contribution in [0.15, 0.2) is 0 Å². The number of carbonyl (C=O) groups excluding carboxylic acids is 1. The van der Waals surface area contributed by atoms with Crippen molar-refractivity contribution in [1.29, 1.82) is 0 Å². The van der Waals surface area contributed by atoms with E-state index in [2.05, 4.69) is 4.90 Å². The van der Waals surface area contributed by atoms with Gasteiger partial charge in [0.25, 0.3) is 0 Å².